The minimum Gasteiger partial charge on any atom is -0.461 e. The van der Waals surface area contributed by atoms with E-state index < -0.39 is 12.0 Å². The minimum absolute atomic E-state index is 0.0798. The average molecular weight is 352 g/mol. The van der Waals surface area contributed by atoms with Crippen molar-refractivity contribution in [2.75, 3.05) is 0 Å². The first-order valence-electron chi connectivity index (χ1n) is 8.89. The molecule has 1 aliphatic rings. The monoisotopic (exact) mass is 352 g/mol. The molecule has 1 fully saturated rings. The van der Waals surface area contributed by atoms with Gasteiger partial charge in [0.15, 0.2) is 11.7 Å². The van der Waals surface area contributed by atoms with E-state index in [0.29, 0.717) is 16.6 Å². The third kappa shape index (κ3) is 3.12. The van der Waals surface area contributed by atoms with E-state index in [1.165, 1.54) is 23.5 Å². The highest BCUT2D eigenvalue weighted by Gasteiger charge is 2.29. The molecule has 1 saturated carbocycles. The van der Waals surface area contributed by atoms with Crippen LogP contribution < -0.4 is 5.56 Å². The molecule has 0 saturated heterocycles. The van der Waals surface area contributed by atoms with Crippen molar-refractivity contribution in [1.82, 2.24) is 19.7 Å². The Morgan fingerprint density at radius 3 is 2.73 bits per heavy atom. The van der Waals surface area contributed by atoms with Crippen LogP contribution >= 0.6 is 0 Å². The van der Waals surface area contributed by atoms with E-state index in [4.69, 9.17) is 4.74 Å². The number of hydrogen-bond donors (Lipinski definition) is 1. The number of rotatable bonds is 4. The van der Waals surface area contributed by atoms with Gasteiger partial charge in [-0.1, -0.05) is 36.8 Å². The zero-order chi connectivity index (χ0) is 17.9. The van der Waals surface area contributed by atoms with Crippen LogP contribution in [0.15, 0.2) is 47.7 Å². The number of H-pyrrole nitrogens is 1. The molecule has 1 unspecified atom stereocenters. The van der Waals surface area contributed by atoms with Gasteiger partial charge >= 0.3 is 5.97 Å². The van der Waals surface area contributed by atoms with Gasteiger partial charge in [-0.05, 0) is 31.2 Å². The fourth-order valence-corrected chi connectivity index (χ4v) is 3.49. The smallest absolute Gasteiger partial charge is 0.334 e. The molecule has 26 heavy (non-hydrogen) atoms. The van der Waals surface area contributed by atoms with E-state index in [9.17, 15) is 9.59 Å². The number of aromatic amines is 1. The van der Waals surface area contributed by atoms with Crippen molar-refractivity contribution in [3.8, 4) is 0 Å². The molecule has 3 aromatic rings. The van der Waals surface area contributed by atoms with Crippen LogP contribution in [0.2, 0.25) is 0 Å². The van der Waals surface area contributed by atoms with Crippen LogP contribution in [-0.2, 0) is 9.53 Å². The number of hydrogen-bond acceptors (Lipinski definition) is 5. The Kier molecular flexibility index (Phi) is 4.51. The fourth-order valence-electron chi connectivity index (χ4n) is 3.49. The van der Waals surface area contributed by atoms with Crippen LogP contribution in [-0.4, -0.2) is 31.8 Å². The molecule has 2 heterocycles. The Morgan fingerprint density at radius 2 is 1.96 bits per heavy atom. The van der Waals surface area contributed by atoms with Crippen molar-refractivity contribution in [3.63, 3.8) is 0 Å². The summed E-state index contributed by atoms with van der Waals surface area (Å²) in [5.74, 6) is -0.421. The lowest BCUT2D eigenvalue weighted by Gasteiger charge is -2.25. The highest BCUT2D eigenvalue weighted by atomic mass is 16.5. The van der Waals surface area contributed by atoms with Gasteiger partial charge in [0.25, 0.3) is 5.56 Å². The lowest BCUT2D eigenvalue weighted by molar-refractivity contribution is -0.153. The second-order valence-corrected chi connectivity index (χ2v) is 6.60. The molecule has 1 aliphatic carbocycles. The molecule has 0 bridgehead atoms. The maximum absolute atomic E-state index is 13.0. The number of benzene rings is 1. The van der Waals surface area contributed by atoms with Crippen LogP contribution in [0, 0.1) is 0 Å². The van der Waals surface area contributed by atoms with E-state index >= 15 is 0 Å². The summed E-state index contributed by atoms with van der Waals surface area (Å²) < 4.78 is 7.09. The Morgan fingerprint density at radius 1 is 1.19 bits per heavy atom. The second-order valence-electron chi connectivity index (χ2n) is 6.60. The molecule has 4 rings (SSSR count). The lowest BCUT2D eigenvalue weighted by Crippen LogP contribution is -2.34. The third-order valence-corrected chi connectivity index (χ3v) is 4.85. The Labute approximate surface area is 150 Å². The van der Waals surface area contributed by atoms with Gasteiger partial charge in [0.05, 0.1) is 6.20 Å². The number of carbonyl (C=O) groups excluding carboxylic acids is 1. The molecule has 134 valence electrons. The summed E-state index contributed by atoms with van der Waals surface area (Å²) in [7, 11) is 0. The van der Waals surface area contributed by atoms with Crippen LogP contribution in [0.1, 0.15) is 43.7 Å². The van der Waals surface area contributed by atoms with Crippen molar-refractivity contribution in [2.24, 2.45) is 0 Å². The van der Waals surface area contributed by atoms with Crippen molar-refractivity contribution < 1.29 is 9.53 Å². The normalized spacial score (nSPS) is 16.5. The van der Waals surface area contributed by atoms with Crippen LogP contribution in [0.3, 0.4) is 0 Å². The number of esters is 1. The van der Waals surface area contributed by atoms with E-state index in [1.54, 1.807) is 0 Å². The lowest BCUT2D eigenvalue weighted by atomic mass is 9.97. The van der Waals surface area contributed by atoms with Gasteiger partial charge in [0.2, 0.25) is 0 Å². The number of fused-ring (bicyclic) bond motifs is 1. The molecule has 7 heteroatoms. The number of carbonyl (C=O) groups is 1. The van der Waals surface area contributed by atoms with Gasteiger partial charge in [-0.3, -0.25) is 14.5 Å². The SMILES string of the molecule is O=C(OC1CCCCC1)C(c1ccccc1)n1cnc2[nH]ncc2c1=O. The van der Waals surface area contributed by atoms with Gasteiger partial charge in [-0.2, -0.15) is 5.10 Å². The summed E-state index contributed by atoms with van der Waals surface area (Å²) in [5.41, 5.74) is 0.775. The first-order valence-corrected chi connectivity index (χ1v) is 8.89. The highest BCUT2D eigenvalue weighted by molar-refractivity contribution is 5.79. The molecule has 1 N–H and O–H groups in total. The topological polar surface area (TPSA) is 89.9 Å². The number of ether oxygens (including phenoxy) is 1. The van der Waals surface area contributed by atoms with E-state index in [2.05, 4.69) is 15.2 Å². The number of nitrogens with zero attached hydrogens (tertiary/aromatic N) is 3. The summed E-state index contributed by atoms with van der Waals surface area (Å²) in [5, 5.41) is 6.87. The largest absolute Gasteiger partial charge is 0.461 e. The fraction of sp³-hybridized carbons (Fsp3) is 0.368. The van der Waals surface area contributed by atoms with E-state index in [-0.39, 0.29) is 11.7 Å². The molecular weight excluding hydrogens is 332 g/mol. The van der Waals surface area contributed by atoms with Gasteiger partial charge in [-0.25, -0.2) is 9.78 Å². The summed E-state index contributed by atoms with van der Waals surface area (Å²) in [4.78, 5) is 30.1. The van der Waals surface area contributed by atoms with Crippen LogP contribution in [0.4, 0.5) is 0 Å². The van der Waals surface area contributed by atoms with Crippen molar-refractivity contribution >= 4 is 17.0 Å². The molecule has 0 spiro atoms. The highest BCUT2D eigenvalue weighted by Crippen LogP contribution is 2.25. The van der Waals surface area contributed by atoms with Crippen molar-refractivity contribution in [3.05, 3.63) is 58.8 Å². The van der Waals surface area contributed by atoms with Gasteiger partial charge < -0.3 is 4.74 Å². The first kappa shape index (κ1) is 16.5. The second kappa shape index (κ2) is 7.11. The van der Waals surface area contributed by atoms with Gasteiger partial charge in [0.1, 0.15) is 17.8 Å². The Bertz CT molecular complexity index is 958. The summed E-state index contributed by atoms with van der Waals surface area (Å²) >= 11 is 0. The summed E-state index contributed by atoms with van der Waals surface area (Å²) in [6, 6.07) is 8.32. The number of aromatic nitrogens is 4. The van der Waals surface area contributed by atoms with E-state index in [0.717, 1.165) is 25.7 Å². The molecule has 2 aromatic heterocycles. The number of nitrogens with one attached hydrogen (secondary N) is 1. The predicted octanol–water partition coefficient (Wildman–Crippen LogP) is 2.58. The standard InChI is InChI=1S/C19H20N4O3/c24-18-15-11-21-22-17(15)20-12-23(18)16(13-7-3-1-4-8-13)19(25)26-14-9-5-2-6-10-14/h1,3-4,7-8,11-12,14,16H,2,5-6,9-10H2,(H,21,22). The molecule has 1 atom stereocenters. The quantitative estimate of drug-likeness (QED) is 0.729. The molecule has 0 radical (unpaired) electrons. The molecule has 0 amide bonds. The minimum atomic E-state index is -0.863. The van der Waals surface area contributed by atoms with Gasteiger partial charge in [-0.15, -0.1) is 0 Å². The zero-order valence-corrected chi connectivity index (χ0v) is 14.3. The van der Waals surface area contributed by atoms with Gasteiger partial charge in [0, 0.05) is 0 Å². The Hall–Kier alpha value is -2.96. The zero-order valence-electron chi connectivity index (χ0n) is 14.3. The predicted molar refractivity (Wildman–Crippen MR) is 95.7 cm³/mol. The molecule has 7 nitrogen and oxygen atoms in total. The average Bonchev–Trinajstić information content (AvgIpc) is 3.15. The van der Waals surface area contributed by atoms with Crippen molar-refractivity contribution in [2.45, 2.75) is 44.2 Å². The van der Waals surface area contributed by atoms with Crippen LogP contribution in [0.25, 0.3) is 11.0 Å². The Balaban J connectivity index is 1.74. The summed E-state index contributed by atoms with van der Waals surface area (Å²) in [6.45, 7) is 0. The maximum Gasteiger partial charge on any atom is 0.334 e. The first-order chi connectivity index (χ1) is 12.7. The summed E-state index contributed by atoms with van der Waals surface area (Å²) in [6.07, 6.45) is 7.79. The van der Waals surface area contributed by atoms with Crippen molar-refractivity contribution in [1.29, 1.82) is 0 Å². The molecular formula is C19H20N4O3. The maximum atomic E-state index is 13.0. The third-order valence-electron chi connectivity index (χ3n) is 4.85. The molecule has 0 aliphatic heterocycles. The molecule has 1 aromatic carbocycles. The van der Waals surface area contributed by atoms with E-state index in [1.807, 2.05) is 30.3 Å². The van der Waals surface area contributed by atoms with Crippen LogP contribution in [0.5, 0.6) is 0 Å².